The van der Waals surface area contributed by atoms with Gasteiger partial charge in [0, 0.05) is 12.1 Å². The monoisotopic (exact) mass is 446 g/mol. The first-order valence-corrected chi connectivity index (χ1v) is 10.7. The molecule has 0 aliphatic carbocycles. The number of methoxy groups -OCH3 is 1. The Hall–Kier alpha value is -3.46. The molecule has 0 spiro atoms. The summed E-state index contributed by atoms with van der Waals surface area (Å²) in [5, 5.41) is 2.51. The molecule has 3 aromatic carbocycles. The third-order valence-electron chi connectivity index (χ3n) is 4.48. The molecule has 0 unspecified atom stereocenters. The predicted molar refractivity (Wildman–Crippen MR) is 112 cm³/mol. The number of amides is 1. The van der Waals surface area contributed by atoms with Crippen LogP contribution < -0.4 is 14.4 Å². The number of hydrogen-bond donors (Lipinski definition) is 1. The number of rotatable bonds is 8. The number of halogens is 2. The zero-order valence-electron chi connectivity index (χ0n) is 16.6. The average Bonchev–Trinajstić information content (AvgIpc) is 2.77. The molecule has 0 aliphatic rings. The standard InChI is InChI=1S/C22H20F2N2O4S/c1-30-19-10-12-20(13-11-19)31(28,29)26(18-8-6-17(23)7-9-18)15-22(27)25-14-16-4-2-3-5-21(16)24/h2-13H,14-15H2,1H3,(H,25,27). The van der Waals surface area contributed by atoms with Crippen molar-refractivity contribution in [3.63, 3.8) is 0 Å². The Balaban J connectivity index is 1.86. The highest BCUT2D eigenvalue weighted by molar-refractivity contribution is 7.92. The molecule has 0 radical (unpaired) electrons. The minimum atomic E-state index is -4.16. The number of benzene rings is 3. The molecule has 0 atom stereocenters. The summed E-state index contributed by atoms with van der Waals surface area (Å²) in [5.74, 6) is -1.21. The van der Waals surface area contributed by atoms with Crippen LogP contribution in [0.4, 0.5) is 14.5 Å². The van der Waals surface area contributed by atoms with Crippen LogP contribution in [0.5, 0.6) is 5.75 Å². The second-order valence-corrected chi connectivity index (χ2v) is 8.39. The molecule has 31 heavy (non-hydrogen) atoms. The lowest BCUT2D eigenvalue weighted by molar-refractivity contribution is -0.119. The third-order valence-corrected chi connectivity index (χ3v) is 6.27. The van der Waals surface area contributed by atoms with Crippen LogP contribution in [0.15, 0.2) is 77.7 Å². The summed E-state index contributed by atoms with van der Waals surface area (Å²) in [4.78, 5) is 12.5. The van der Waals surface area contributed by atoms with E-state index >= 15 is 0 Å². The summed E-state index contributed by atoms with van der Waals surface area (Å²) in [5.41, 5.74) is 0.375. The molecular weight excluding hydrogens is 426 g/mol. The van der Waals surface area contributed by atoms with Gasteiger partial charge in [-0.15, -0.1) is 0 Å². The molecule has 0 saturated carbocycles. The zero-order valence-corrected chi connectivity index (χ0v) is 17.4. The number of ether oxygens (including phenoxy) is 1. The Bertz CT molecular complexity index is 1150. The van der Waals surface area contributed by atoms with Gasteiger partial charge in [-0.2, -0.15) is 0 Å². The summed E-state index contributed by atoms with van der Waals surface area (Å²) in [7, 11) is -2.71. The fraction of sp³-hybridized carbons (Fsp3) is 0.136. The van der Waals surface area contributed by atoms with Gasteiger partial charge in [0.25, 0.3) is 10.0 Å². The molecule has 3 aromatic rings. The number of nitrogens with one attached hydrogen (secondary N) is 1. The van der Waals surface area contributed by atoms with E-state index in [1.54, 1.807) is 6.07 Å². The molecule has 3 rings (SSSR count). The van der Waals surface area contributed by atoms with E-state index in [4.69, 9.17) is 4.74 Å². The molecule has 0 saturated heterocycles. The normalized spacial score (nSPS) is 11.1. The molecule has 0 bridgehead atoms. The zero-order chi connectivity index (χ0) is 22.4. The summed E-state index contributed by atoms with van der Waals surface area (Å²) in [6.07, 6.45) is 0. The number of carbonyl (C=O) groups excluding carboxylic acids is 1. The van der Waals surface area contributed by atoms with E-state index < -0.39 is 34.1 Å². The number of nitrogens with zero attached hydrogens (tertiary/aromatic N) is 1. The van der Waals surface area contributed by atoms with Crippen LogP contribution >= 0.6 is 0 Å². The molecule has 0 fully saturated rings. The smallest absolute Gasteiger partial charge is 0.264 e. The predicted octanol–water partition coefficient (Wildman–Crippen LogP) is 3.49. The van der Waals surface area contributed by atoms with E-state index in [0.717, 1.165) is 16.4 Å². The first-order chi connectivity index (χ1) is 14.8. The molecule has 1 amide bonds. The fourth-order valence-electron chi connectivity index (χ4n) is 2.82. The summed E-state index contributed by atoms with van der Waals surface area (Å²) in [6.45, 7) is -0.681. The molecule has 9 heteroatoms. The molecule has 6 nitrogen and oxygen atoms in total. The maximum atomic E-state index is 13.8. The van der Waals surface area contributed by atoms with Crippen molar-refractivity contribution in [3.8, 4) is 5.75 Å². The van der Waals surface area contributed by atoms with Gasteiger partial charge < -0.3 is 10.1 Å². The molecule has 1 N–H and O–H groups in total. The van der Waals surface area contributed by atoms with Gasteiger partial charge in [0.1, 0.15) is 23.9 Å². The topological polar surface area (TPSA) is 75.7 Å². The number of anilines is 1. The van der Waals surface area contributed by atoms with E-state index in [2.05, 4.69) is 5.32 Å². The van der Waals surface area contributed by atoms with Gasteiger partial charge in [0.2, 0.25) is 5.91 Å². The molecular formula is C22H20F2N2O4S. The lowest BCUT2D eigenvalue weighted by Crippen LogP contribution is -2.40. The maximum Gasteiger partial charge on any atom is 0.264 e. The van der Waals surface area contributed by atoms with Crippen molar-refractivity contribution >= 4 is 21.6 Å². The Kier molecular flexibility index (Phi) is 6.86. The first kappa shape index (κ1) is 22.2. The van der Waals surface area contributed by atoms with Crippen molar-refractivity contribution in [2.75, 3.05) is 18.0 Å². The fourth-order valence-corrected chi connectivity index (χ4v) is 4.24. The summed E-state index contributed by atoms with van der Waals surface area (Å²) < 4.78 is 59.5. The number of hydrogen-bond acceptors (Lipinski definition) is 4. The van der Waals surface area contributed by atoms with E-state index in [-0.39, 0.29) is 22.7 Å². The van der Waals surface area contributed by atoms with E-state index in [1.807, 2.05) is 0 Å². The van der Waals surface area contributed by atoms with Gasteiger partial charge in [0.15, 0.2) is 0 Å². The number of sulfonamides is 1. The van der Waals surface area contributed by atoms with E-state index in [9.17, 15) is 22.0 Å². The van der Waals surface area contributed by atoms with Crippen LogP contribution in [-0.2, 0) is 21.4 Å². The van der Waals surface area contributed by atoms with Crippen LogP contribution in [0.3, 0.4) is 0 Å². The quantitative estimate of drug-likeness (QED) is 0.575. The van der Waals surface area contributed by atoms with Gasteiger partial charge in [-0.1, -0.05) is 18.2 Å². The summed E-state index contributed by atoms with van der Waals surface area (Å²) in [6, 6.07) is 16.3. The van der Waals surface area contributed by atoms with Crippen LogP contribution in [-0.4, -0.2) is 28.0 Å². The lowest BCUT2D eigenvalue weighted by atomic mass is 10.2. The Morgan fingerprint density at radius 2 is 1.61 bits per heavy atom. The Morgan fingerprint density at radius 1 is 0.968 bits per heavy atom. The van der Waals surface area contributed by atoms with E-state index in [1.165, 1.54) is 61.7 Å². The molecule has 0 heterocycles. The van der Waals surface area contributed by atoms with Gasteiger partial charge in [-0.25, -0.2) is 17.2 Å². The van der Waals surface area contributed by atoms with Gasteiger partial charge >= 0.3 is 0 Å². The van der Waals surface area contributed by atoms with Crippen LogP contribution in [0.1, 0.15) is 5.56 Å². The first-order valence-electron chi connectivity index (χ1n) is 9.24. The molecule has 162 valence electrons. The van der Waals surface area contributed by atoms with Crippen LogP contribution in [0, 0.1) is 11.6 Å². The largest absolute Gasteiger partial charge is 0.497 e. The second kappa shape index (κ2) is 9.57. The van der Waals surface area contributed by atoms with Crippen molar-refractivity contribution in [1.29, 1.82) is 0 Å². The molecule has 0 aliphatic heterocycles. The van der Waals surface area contributed by atoms with Crippen molar-refractivity contribution in [3.05, 3.63) is 90.0 Å². The van der Waals surface area contributed by atoms with E-state index in [0.29, 0.717) is 5.75 Å². The van der Waals surface area contributed by atoms with Crippen LogP contribution in [0.2, 0.25) is 0 Å². The highest BCUT2D eigenvalue weighted by Crippen LogP contribution is 2.25. The lowest BCUT2D eigenvalue weighted by Gasteiger charge is -2.24. The number of carbonyl (C=O) groups is 1. The van der Waals surface area contributed by atoms with Gasteiger partial charge in [-0.05, 0) is 54.6 Å². The van der Waals surface area contributed by atoms with Gasteiger partial charge in [-0.3, -0.25) is 9.10 Å². The van der Waals surface area contributed by atoms with Crippen molar-refractivity contribution in [2.45, 2.75) is 11.4 Å². The van der Waals surface area contributed by atoms with Crippen molar-refractivity contribution in [2.24, 2.45) is 0 Å². The van der Waals surface area contributed by atoms with Crippen LogP contribution in [0.25, 0.3) is 0 Å². The SMILES string of the molecule is COc1ccc(S(=O)(=O)N(CC(=O)NCc2ccccc2F)c2ccc(F)cc2)cc1. The highest BCUT2D eigenvalue weighted by atomic mass is 32.2. The minimum Gasteiger partial charge on any atom is -0.497 e. The average molecular weight is 446 g/mol. The van der Waals surface area contributed by atoms with Crippen molar-refractivity contribution < 1.29 is 26.7 Å². The van der Waals surface area contributed by atoms with Crippen molar-refractivity contribution in [1.82, 2.24) is 5.32 Å². The third kappa shape index (κ3) is 5.37. The minimum absolute atomic E-state index is 0.0699. The Labute approximate surface area is 179 Å². The molecule has 0 aromatic heterocycles. The second-order valence-electron chi connectivity index (χ2n) is 6.53. The maximum absolute atomic E-state index is 13.8. The summed E-state index contributed by atoms with van der Waals surface area (Å²) >= 11 is 0. The Morgan fingerprint density at radius 3 is 2.23 bits per heavy atom. The highest BCUT2D eigenvalue weighted by Gasteiger charge is 2.27. The van der Waals surface area contributed by atoms with Gasteiger partial charge in [0.05, 0.1) is 17.7 Å².